The van der Waals surface area contributed by atoms with Crippen molar-refractivity contribution < 1.29 is 28.2 Å². The number of nitrogens with one attached hydrogen (secondary N) is 3. The van der Waals surface area contributed by atoms with Gasteiger partial charge in [0.1, 0.15) is 43.0 Å². The van der Waals surface area contributed by atoms with Crippen LogP contribution in [-0.4, -0.2) is 54.9 Å². The van der Waals surface area contributed by atoms with Gasteiger partial charge in [-0.15, -0.1) is 0 Å². The number of hydrogen-bond acceptors (Lipinski definition) is 8. The Bertz CT molecular complexity index is 1210. The van der Waals surface area contributed by atoms with Gasteiger partial charge in [0.2, 0.25) is 0 Å². The molecule has 0 spiro atoms. The largest absolute Gasteiger partial charge is 0.489 e. The topological polar surface area (TPSA) is 124 Å². The maximum absolute atomic E-state index is 13.5. The fourth-order valence-corrected chi connectivity index (χ4v) is 3.27. The second kappa shape index (κ2) is 9.84. The van der Waals surface area contributed by atoms with Crippen LogP contribution >= 0.6 is 11.6 Å². The number of carbonyl (C=O) groups is 2. The molecule has 1 atom stereocenters. The number of ether oxygens (including phenoxy) is 3. The number of nitrogens with zero attached hydrogens (tertiary/aromatic N) is 2. The van der Waals surface area contributed by atoms with Crippen LogP contribution < -0.4 is 20.7 Å². The first kappa shape index (κ1) is 22.5. The molecule has 12 heteroatoms. The van der Waals surface area contributed by atoms with Crippen molar-refractivity contribution in [3.8, 4) is 5.75 Å². The van der Waals surface area contributed by atoms with E-state index >= 15 is 0 Å². The SMILES string of the molecule is COCCOc1cc2ncnc(Nc3ccc(F)c(Cl)c3)c2cc1NC(=O)[C@H]1COC(=O)N1. The van der Waals surface area contributed by atoms with E-state index in [9.17, 15) is 14.0 Å². The highest BCUT2D eigenvalue weighted by Crippen LogP contribution is 2.34. The molecule has 1 aliphatic rings. The summed E-state index contributed by atoms with van der Waals surface area (Å²) in [4.78, 5) is 32.5. The third-order valence-electron chi connectivity index (χ3n) is 4.71. The third kappa shape index (κ3) is 5.21. The molecule has 2 amide bonds. The highest BCUT2D eigenvalue weighted by molar-refractivity contribution is 6.31. The number of amides is 2. The van der Waals surface area contributed by atoms with E-state index < -0.39 is 23.9 Å². The van der Waals surface area contributed by atoms with E-state index in [4.69, 9.17) is 25.8 Å². The van der Waals surface area contributed by atoms with Gasteiger partial charge < -0.3 is 30.2 Å². The van der Waals surface area contributed by atoms with Gasteiger partial charge in [-0.05, 0) is 24.3 Å². The van der Waals surface area contributed by atoms with Gasteiger partial charge in [-0.25, -0.2) is 19.2 Å². The minimum atomic E-state index is -0.842. The minimum Gasteiger partial charge on any atom is -0.489 e. The lowest BCUT2D eigenvalue weighted by Gasteiger charge is -2.16. The number of cyclic esters (lactones) is 1. The van der Waals surface area contributed by atoms with Crippen LogP contribution in [-0.2, 0) is 14.3 Å². The molecule has 1 aliphatic heterocycles. The van der Waals surface area contributed by atoms with Crippen molar-refractivity contribution in [3.05, 3.63) is 47.5 Å². The standard InChI is InChI=1S/C21H19ClFN5O5/c1-31-4-5-32-18-8-15-12(7-16(18)27-20(29)17-9-33-21(30)28-17)19(25-10-24-15)26-11-2-3-14(23)13(22)6-11/h2-3,6-8,10,17H,4-5,9H2,1H3,(H,27,29)(H,28,30)(H,24,25,26)/t17-/m1/s1. The molecule has 172 valence electrons. The molecule has 1 fully saturated rings. The average Bonchev–Trinajstić information content (AvgIpc) is 3.23. The molecule has 4 rings (SSSR count). The van der Waals surface area contributed by atoms with E-state index in [-0.39, 0.29) is 18.2 Å². The molecule has 3 N–H and O–H groups in total. The van der Waals surface area contributed by atoms with E-state index in [1.54, 1.807) is 19.2 Å². The van der Waals surface area contributed by atoms with Crippen molar-refractivity contribution in [2.24, 2.45) is 0 Å². The van der Waals surface area contributed by atoms with Gasteiger partial charge in [-0.2, -0.15) is 0 Å². The van der Waals surface area contributed by atoms with Crippen LogP contribution in [0.5, 0.6) is 5.75 Å². The van der Waals surface area contributed by atoms with Crippen molar-refractivity contribution in [1.82, 2.24) is 15.3 Å². The Morgan fingerprint density at radius 3 is 2.88 bits per heavy atom. The third-order valence-corrected chi connectivity index (χ3v) is 5.00. The lowest BCUT2D eigenvalue weighted by Crippen LogP contribution is -2.38. The van der Waals surface area contributed by atoms with Crippen LogP contribution in [0.25, 0.3) is 10.9 Å². The lowest BCUT2D eigenvalue weighted by molar-refractivity contribution is -0.117. The van der Waals surface area contributed by atoms with E-state index in [0.29, 0.717) is 40.5 Å². The number of alkyl carbamates (subject to hydrolysis) is 1. The molecular weight excluding hydrogens is 457 g/mol. The number of anilines is 3. The number of hydrogen-bond donors (Lipinski definition) is 3. The summed E-state index contributed by atoms with van der Waals surface area (Å²) in [5.74, 6) is -0.263. The molecule has 0 radical (unpaired) electrons. The average molecular weight is 476 g/mol. The zero-order valence-electron chi connectivity index (χ0n) is 17.4. The lowest BCUT2D eigenvalue weighted by atomic mass is 10.1. The van der Waals surface area contributed by atoms with Crippen molar-refractivity contribution >= 4 is 51.7 Å². The van der Waals surface area contributed by atoms with Gasteiger partial charge in [-0.1, -0.05) is 11.6 Å². The maximum atomic E-state index is 13.5. The summed E-state index contributed by atoms with van der Waals surface area (Å²) in [7, 11) is 1.54. The molecule has 33 heavy (non-hydrogen) atoms. The Hall–Kier alpha value is -3.70. The monoisotopic (exact) mass is 475 g/mol. The first-order valence-corrected chi connectivity index (χ1v) is 10.2. The van der Waals surface area contributed by atoms with Crippen LogP contribution in [0.3, 0.4) is 0 Å². The fraction of sp³-hybridized carbons (Fsp3) is 0.238. The first-order chi connectivity index (χ1) is 15.9. The summed E-state index contributed by atoms with van der Waals surface area (Å²) in [6.07, 6.45) is 0.696. The molecule has 0 bridgehead atoms. The zero-order chi connectivity index (χ0) is 23.4. The molecule has 2 aromatic carbocycles. The number of carbonyl (C=O) groups excluding carboxylic acids is 2. The predicted molar refractivity (Wildman–Crippen MR) is 119 cm³/mol. The van der Waals surface area contributed by atoms with Crippen LogP contribution in [0.2, 0.25) is 5.02 Å². The molecule has 0 aliphatic carbocycles. The highest BCUT2D eigenvalue weighted by Gasteiger charge is 2.29. The summed E-state index contributed by atoms with van der Waals surface area (Å²) in [5, 5.41) is 8.76. The molecule has 1 aromatic heterocycles. The number of aromatic nitrogens is 2. The van der Waals surface area contributed by atoms with Crippen LogP contribution in [0.1, 0.15) is 0 Å². The number of benzene rings is 2. The number of methoxy groups -OCH3 is 1. The van der Waals surface area contributed by atoms with Crippen molar-refractivity contribution in [2.45, 2.75) is 6.04 Å². The number of rotatable bonds is 8. The second-order valence-corrected chi connectivity index (χ2v) is 7.37. The predicted octanol–water partition coefficient (Wildman–Crippen LogP) is 3.24. The van der Waals surface area contributed by atoms with E-state index in [1.807, 2.05) is 0 Å². The summed E-state index contributed by atoms with van der Waals surface area (Å²) in [6.45, 7) is 0.484. The Balaban J connectivity index is 1.68. The summed E-state index contributed by atoms with van der Waals surface area (Å²) < 4.78 is 29.1. The van der Waals surface area contributed by atoms with Gasteiger partial charge in [0.15, 0.2) is 0 Å². The van der Waals surface area contributed by atoms with Gasteiger partial charge >= 0.3 is 6.09 Å². The minimum absolute atomic E-state index is 0.0408. The Kier molecular flexibility index (Phi) is 6.71. The van der Waals surface area contributed by atoms with Crippen molar-refractivity contribution in [2.75, 3.05) is 37.6 Å². The van der Waals surface area contributed by atoms with E-state index in [1.165, 1.54) is 24.5 Å². The quantitative estimate of drug-likeness (QED) is 0.424. The summed E-state index contributed by atoms with van der Waals surface area (Å²) in [6, 6.07) is 6.63. The van der Waals surface area contributed by atoms with Gasteiger partial charge in [-0.3, -0.25) is 4.79 Å². The normalized spacial score (nSPS) is 15.1. The van der Waals surface area contributed by atoms with Crippen molar-refractivity contribution in [1.29, 1.82) is 0 Å². The van der Waals surface area contributed by atoms with E-state index in [2.05, 4.69) is 25.9 Å². The fourth-order valence-electron chi connectivity index (χ4n) is 3.09. The smallest absolute Gasteiger partial charge is 0.407 e. The number of halogens is 2. The number of fused-ring (bicyclic) bond motifs is 1. The van der Waals surface area contributed by atoms with Gasteiger partial charge in [0.05, 0.1) is 22.8 Å². The van der Waals surface area contributed by atoms with Gasteiger partial charge in [0, 0.05) is 24.2 Å². The second-order valence-electron chi connectivity index (χ2n) is 6.97. The Morgan fingerprint density at radius 1 is 1.30 bits per heavy atom. The maximum Gasteiger partial charge on any atom is 0.407 e. The van der Waals surface area contributed by atoms with Crippen molar-refractivity contribution in [3.63, 3.8) is 0 Å². The highest BCUT2D eigenvalue weighted by atomic mass is 35.5. The van der Waals surface area contributed by atoms with Gasteiger partial charge in [0.25, 0.3) is 5.91 Å². The summed E-state index contributed by atoms with van der Waals surface area (Å²) >= 11 is 5.87. The molecule has 1 saturated heterocycles. The Morgan fingerprint density at radius 2 is 2.15 bits per heavy atom. The first-order valence-electron chi connectivity index (χ1n) is 9.81. The molecule has 0 saturated carbocycles. The molecular formula is C21H19ClFN5O5. The molecule has 0 unspecified atom stereocenters. The van der Waals surface area contributed by atoms with Crippen LogP contribution in [0, 0.1) is 5.82 Å². The van der Waals surface area contributed by atoms with Crippen LogP contribution in [0.4, 0.5) is 26.4 Å². The van der Waals surface area contributed by atoms with Crippen LogP contribution in [0.15, 0.2) is 36.7 Å². The molecule has 10 nitrogen and oxygen atoms in total. The summed E-state index contributed by atoms with van der Waals surface area (Å²) in [5.41, 5.74) is 1.38. The zero-order valence-corrected chi connectivity index (χ0v) is 18.1. The molecule has 2 heterocycles. The molecule has 3 aromatic rings. The Labute approximate surface area is 192 Å². The van der Waals surface area contributed by atoms with E-state index in [0.717, 1.165) is 0 Å².